The third kappa shape index (κ3) is 3.34. The molecule has 86 valence electrons. The molecule has 0 aromatic rings. The van der Waals surface area contributed by atoms with Crippen LogP contribution in [-0.2, 0) is 9.53 Å². The maximum atomic E-state index is 11.0. The van der Waals surface area contributed by atoms with Crippen LogP contribution in [0.5, 0.6) is 0 Å². The molecule has 3 heteroatoms. The van der Waals surface area contributed by atoms with Gasteiger partial charge in [0.05, 0.1) is 0 Å². The summed E-state index contributed by atoms with van der Waals surface area (Å²) >= 11 is 0. The van der Waals surface area contributed by atoms with Crippen molar-refractivity contribution in [1.82, 2.24) is 0 Å². The first kappa shape index (κ1) is 12.2. The Balaban J connectivity index is 2.59. The molecule has 0 radical (unpaired) electrons. The average Bonchev–Trinajstić information content (AvgIpc) is 2.20. The minimum Gasteiger partial charge on any atom is -0.456 e. The monoisotopic (exact) mass is 212 g/mol. The first-order chi connectivity index (χ1) is 7.04. The summed E-state index contributed by atoms with van der Waals surface area (Å²) in [4.78, 5) is 11.0. The number of aliphatic hydroxyl groups is 1. The Morgan fingerprint density at radius 1 is 1.67 bits per heavy atom. The van der Waals surface area contributed by atoms with Gasteiger partial charge in [0.1, 0.15) is 12.7 Å². The number of hydrogen-bond donors (Lipinski definition) is 1. The second-order valence-corrected chi connectivity index (χ2v) is 4.56. The standard InChI is InChI=1S/C12H20O3/c1-8(2)10-5-4-9(3)11(6-10)15-12(14)7-13/h4,8,10-11,13H,5-7H2,1-3H3. The number of allylic oxidation sites excluding steroid dienone is 1. The molecule has 0 heterocycles. The van der Waals surface area contributed by atoms with Crippen LogP contribution in [0.15, 0.2) is 11.6 Å². The zero-order chi connectivity index (χ0) is 11.4. The molecule has 0 amide bonds. The van der Waals surface area contributed by atoms with E-state index in [0.29, 0.717) is 11.8 Å². The van der Waals surface area contributed by atoms with E-state index in [-0.39, 0.29) is 6.10 Å². The number of hydrogen-bond acceptors (Lipinski definition) is 3. The highest BCUT2D eigenvalue weighted by atomic mass is 16.6. The second-order valence-electron chi connectivity index (χ2n) is 4.56. The van der Waals surface area contributed by atoms with Crippen molar-refractivity contribution in [3.8, 4) is 0 Å². The molecule has 0 fully saturated rings. The van der Waals surface area contributed by atoms with Crippen LogP contribution in [0.4, 0.5) is 0 Å². The maximum Gasteiger partial charge on any atom is 0.332 e. The van der Waals surface area contributed by atoms with Crippen LogP contribution in [0.3, 0.4) is 0 Å². The van der Waals surface area contributed by atoms with Gasteiger partial charge in [-0.25, -0.2) is 4.79 Å². The lowest BCUT2D eigenvalue weighted by molar-refractivity contribution is -0.151. The minimum atomic E-state index is -0.532. The highest BCUT2D eigenvalue weighted by Crippen LogP contribution is 2.30. The van der Waals surface area contributed by atoms with Gasteiger partial charge in [-0.15, -0.1) is 0 Å². The normalized spacial score (nSPS) is 26.3. The number of ether oxygens (including phenoxy) is 1. The van der Waals surface area contributed by atoms with E-state index in [0.717, 1.165) is 18.4 Å². The van der Waals surface area contributed by atoms with Gasteiger partial charge >= 0.3 is 5.97 Å². The molecule has 1 N–H and O–H groups in total. The van der Waals surface area contributed by atoms with Gasteiger partial charge in [-0.3, -0.25) is 0 Å². The molecule has 0 aliphatic heterocycles. The van der Waals surface area contributed by atoms with Gasteiger partial charge in [0.25, 0.3) is 0 Å². The average molecular weight is 212 g/mol. The van der Waals surface area contributed by atoms with E-state index in [4.69, 9.17) is 9.84 Å². The third-order valence-corrected chi connectivity index (χ3v) is 3.11. The summed E-state index contributed by atoms with van der Waals surface area (Å²) in [5.41, 5.74) is 1.11. The van der Waals surface area contributed by atoms with Crippen LogP contribution >= 0.6 is 0 Å². The zero-order valence-electron chi connectivity index (χ0n) is 9.69. The SMILES string of the molecule is CC1=CCC(C(C)C)CC1OC(=O)CO. The van der Waals surface area contributed by atoms with Crippen molar-refractivity contribution >= 4 is 5.97 Å². The Morgan fingerprint density at radius 3 is 2.87 bits per heavy atom. The van der Waals surface area contributed by atoms with Crippen molar-refractivity contribution in [1.29, 1.82) is 0 Å². The number of rotatable bonds is 3. The Bertz CT molecular complexity index is 256. The van der Waals surface area contributed by atoms with E-state index >= 15 is 0 Å². The molecule has 0 saturated carbocycles. The third-order valence-electron chi connectivity index (χ3n) is 3.11. The fourth-order valence-electron chi connectivity index (χ4n) is 1.91. The Morgan fingerprint density at radius 2 is 2.33 bits per heavy atom. The van der Waals surface area contributed by atoms with Crippen LogP contribution in [0.1, 0.15) is 33.6 Å². The van der Waals surface area contributed by atoms with E-state index in [1.54, 1.807) is 0 Å². The Kier molecular flexibility index (Phi) is 4.33. The summed E-state index contributed by atoms with van der Waals surface area (Å²) in [6, 6.07) is 0. The summed E-state index contributed by atoms with van der Waals surface area (Å²) in [7, 11) is 0. The van der Waals surface area contributed by atoms with Gasteiger partial charge in [-0.05, 0) is 37.2 Å². The Hall–Kier alpha value is -0.830. The molecular formula is C12H20O3. The number of carbonyl (C=O) groups is 1. The van der Waals surface area contributed by atoms with Crippen LogP contribution in [-0.4, -0.2) is 23.8 Å². The van der Waals surface area contributed by atoms with Gasteiger partial charge in [-0.2, -0.15) is 0 Å². The van der Waals surface area contributed by atoms with Gasteiger partial charge in [-0.1, -0.05) is 19.9 Å². The predicted octanol–water partition coefficient (Wildman–Crippen LogP) is 1.90. The number of carbonyl (C=O) groups excluding carboxylic acids is 1. The van der Waals surface area contributed by atoms with Crippen LogP contribution in [0, 0.1) is 11.8 Å². The van der Waals surface area contributed by atoms with Crippen molar-refractivity contribution in [3.63, 3.8) is 0 Å². The topological polar surface area (TPSA) is 46.5 Å². The van der Waals surface area contributed by atoms with Crippen molar-refractivity contribution in [2.45, 2.75) is 39.7 Å². The fraction of sp³-hybridized carbons (Fsp3) is 0.750. The van der Waals surface area contributed by atoms with E-state index < -0.39 is 12.6 Å². The minimum absolute atomic E-state index is 0.134. The quantitative estimate of drug-likeness (QED) is 0.574. The summed E-state index contributed by atoms with van der Waals surface area (Å²) in [5, 5.41) is 8.63. The molecule has 1 rings (SSSR count). The van der Waals surface area contributed by atoms with Crippen LogP contribution < -0.4 is 0 Å². The summed E-state index contributed by atoms with van der Waals surface area (Å²) < 4.78 is 5.18. The lowest BCUT2D eigenvalue weighted by Crippen LogP contribution is -2.28. The molecular weight excluding hydrogens is 192 g/mol. The maximum absolute atomic E-state index is 11.0. The highest BCUT2D eigenvalue weighted by Gasteiger charge is 2.26. The van der Waals surface area contributed by atoms with Gasteiger partial charge in [0, 0.05) is 0 Å². The van der Waals surface area contributed by atoms with E-state index in [9.17, 15) is 4.79 Å². The van der Waals surface area contributed by atoms with Crippen molar-refractivity contribution in [2.24, 2.45) is 11.8 Å². The summed E-state index contributed by atoms with van der Waals surface area (Å²) in [6.45, 7) is 5.82. The molecule has 1 aliphatic carbocycles. The summed E-state index contributed by atoms with van der Waals surface area (Å²) in [6.07, 6.45) is 3.96. The van der Waals surface area contributed by atoms with Crippen molar-refractivity contribution in [2.75, 3.05) is 6.61 Å². The summed E-state index contributed by atoms with van der Waals surface area (Å²) in [5.74, 6) is 0.645. The van der Waals surface area contributed by atoms with Crippen LogP contribution in [0.25, 0.3) is 0 Å². The number of aliphatic hydroxyl groups excluding tert-OH is 1. The molecule has 0 aromatic heterocycles. The zero-order valence-corrected chi connectivity index (χ0v) is 9.69. The predicted molar refractivity (Wildman–Crippen MR) is 58.3 cm³/mol. The van der Waals surface area contributed by atoms with Crippen molar-refractivity contribution < 1.29 is 14.6 Å². The first-order valence-electron chi connectivity index (χ1n) is 5.51. The van der Waals surface area contributed by atoms with E-state index in [1.165, 1.54) is 0 Å². The first-order valence-corrected chi connectivity index (χ1v) is 5.51. The molecule has 0 bridgehead atoms. The largest absolute Gasteiger partial charge is 0.456 e. The molecule has 0 aromatic carbocycles. The lowest BCUT2D eigenvalue weighted by atomic mass is 9.81. The smallest absolute Gasteiger partial charge is 0.332 e. The lowest BCUT2D eigenvalue weighted by Gasteiger charge is -2.30. The van der Waals surface area contributed by atoms with Crippen LogP contribution in [0.2, 0.25) is 0 Å². The number of esters is 1. The van der Waals surface area contributed by atoms with Gasteiger partial charge in [0.2, 0.25) is 0 Å². The molecule has 2 unspecified atom stereocenters. The molecule has 1 aliphatic rings. The fourth-order valence-corrected chi connectivity index (χ4v) is 1.91. The van der Waals surface area contributed by atoms with E-state index in [2.05, 4.69) is 19.9 Å². The molecule has 2 atom stereocenters. The molecule has 0 saturated heterocycles. The highest BCUT2D eigenvalue weighted by molar-refractivity contribution is 5.70. The second kappa shape index (κ2) is 5.31. The van der Waals surface area contributed by atoms with Crippen molar-refractivity contribution in [3.05, 3.63) is 11.6 Å². The van der Waals surface area contributed by atoms with Gasteiger partial charge < -0.3 is 9.84 Å². The molecule has 15 heavy (non-hydrogen) atoms. The molecule has 3 nitrogen and oxygen atoms in total. The molecule has 0 spiro atoms. The Labute approximate surface area is 91.1 Å². The van der Waals surface area contributed by atoms with Gasteiger partial charge in [0.15, 0.2) is 0 Å². The van der Waals surface area contributed by atoms with E-state index in [1.807, 2.05) is 6.92 Å².